The van der Waals surface area contributed by atoms with Gasteiger partial charge in [0, 0.05) is 43.3 Å². The summed E-state index contributed by atoms with van der Waals surface area (Å²) in [6.07, 6.45) is 0.840. The van der Waals surface area contributed by atoms with E-state index in [2.05, 4.69) is 26.5 Å². The van der Waals surface area contributed by atoms with Crippen LogP contribution in [0.1, 0.15) is 22.0 Å². The largest absolute Gasteiger partial charge is 0.497 e. The number of rotatable bonds is 5. The molecule has 2 atom stereocenters. The Hall–Kier alpha value is -2.90. The highest BCUT2D eigenvalue weighted by atomic mass is 35.5. The lowest BCUT2D eigenvalue weighted by Gasteiger charge is -2.25. The lowest BCUT2D eigenvalue weighted by Crippen LogP contribution is -2.31. The van der Waals surface area contributed by atoms with E-state index in [4.69, 9.17) is 16.3 Å². The summed E-state index contributed by atoms with van der Waals surface area (Å²) >= 11 is 6.35. The maximum Gasteiger partial charge on any atom is 0.293 e. The van der Waals surface area contributed by atoms with Gasteiger partial charge < -0.3 is 14.6 Å². The molecule has 0 radical (unpaired) electrons. The van der Waals surface area contributed by atoms with E-state index in [1.54, 1.807) is 7.11 Å². The number of carbonyl (C=O) groups is 1. The first kappa shape index (κ1) is 20.0. The number of hydrogen-bond acceptors (Lipinski definition) is 5. The minimum Gasteiger partial charge on any atom is -0.497 e. The molecule has 0 spiro atoms. The number of nitrogens with one attached hydrogen (secondary N) is 1. The second-order valence-electron chi connectivity index (χ2n) is 8.24. The molecule has 31 heavy (non-hydrogen) atoms. The number of amides is 1. The first-order chi connectivity index (χ1) is 15.1. The van der Waals surface area contributed by atoms with E-state index in [-0.39, 0.29) is 5.91 Å². The van der Waals surface area contributed by atoms with Crippen molar-refractivity contribution in [3.05, 3.63) is 70.8 Å². The minimum absolute atomic E-state index is 0.242. The summed E-state index contributed by atoms with van der Waals surface area (Å²) in [5.41, 5.74) is 1.85. The molecule has 1 aromatic heterocycles. The van der Waals surface area contributed by atoms with Crippen LogP contribution in [-0.2, 0) is 19.5 Å². The second kappa shape index (κ2) is 8.32. The molecule has 1 amide bonds. The zero-order valence-corrected chi connectivity index (χ0v) is 18.0. The number of carbonyl (C=O) groups excluding carboxylic acids is 1. The van der Waals surface area contributed by atoms with Gasteiger partial charge in [-0.15, -0.1) is 10.2 Å². The van der Waals surface area contributed by atoms with E-state index in [9.17, 15) is 4.79 Å². The third-order valence-corrected chi connectivity index (χ3v) is 6.61. The van der Waals surface area contributed by atoms with Crippen LogP contribution >= 0.6 is 11.6 Å². The first-order valence-corrected chi connectivity index (χ1v) is 10.8. The molecule has 0 saturated carbocycles. The van der Waals surface area contributed by atoms with Gasteiger partial charge >= 0.3 is 0 Å². The van der Waals surface area contributed by atoms with E-state index < -0.39 is 0 Å². The predicted molar refractivity (Wildman–Crippen MR) is 118 cm³/mol. The number of benzene rings is 2. The number of methoxy groups -OCH3 is 1. The highest BCUT2D eigenvalue weighted by Gasteiger charge is 2.39. The van der Waals surface area contributed by atoms with Crippen LogP contribution in [0.15, 0.2) is 48.5 Å². The quantitative estimate of drug-likeness (QED) is 0.661. The van der Waals surface area contributed by atoms with Gasteiger partial charge in [-0.3, -0.25) is 9.69 Å². The fourth-order valence-electron chi connectivity index (χ4n) is 4.65. The summed E-state index contributed by atoms with van der Waals surface area (Å²) in [5, 5.41) is 12.2. The monoisotopic (exact) mass is 437 g/mol. The van der Waals surface area contributed by atoms with Gasteiger partial charge in [0.1, 0.15) is 11.6 Å². The molecule has 5 rings (SSSR count). The summed E-state index contributed by atoms with van der Waals surface area (Å²) in [6.45, 7) is 3.60. The summed E-state index contributed by atoms with van der Waals surface area (Å²) < 4.78 is 7.15. The Bertz CT molecular complexity index is 1100. The van der Waals surface area contributed by atoms with Crippen molar-refractivity contribution in [2.24, 2.45) is 11.8 Å². The number of aromatic nitrogens is 3. The molecule has 2 aliphatic heterocycles. The number of likely N-dealkylation sites (tertiary alicyclic amines) is 1. The standard InChI is InChI=1S/C23H24ClN5O2/c1-31-19-8-6-18(7-9-19)25-23(30)22-27-26-21-10-16-12-28(13-17(16)14-29(21)22)11-15-4-2-3-5-20(15)24/h2-9,16-17H,10-14H2,1H3,(H,25,30)/t16-,17+/m0/s1. The summed E-state index contributed by atoms with van der Waals surface area (Å²) in [4.78, 5) is 15.3. The fraction of sp³-hybridized carbons (Fsp3) is 0.348. The van der Waals surface area contributed by atoms with Crippen LogP contribution in [0.4, 0.5) is 5.69 Å². The lowest BCUT2D eigenvalue weighted by molar-refractivity contribution is 0.100. The molecule has 0 unspecified atom stereocenters. The van der Waals surface area contributed by atoms with Crippen molar-refractivity contribution in [2.75, 3.05) is 25.5 Å². The van der Waals surface area contributed by atoms with E-state index in [1.165, 1.54) is 0 Å². The SMILES string of the molecule is COc1ccc(NC(=O)c2nnc3n2C[C@H]2CN(Cc4ccccc4Cl)C[C@@H]2C3)cc1. The van der Waals surface area contributed by atoms with Crippen LogP contribution in [0.2, 0.25) is 5.02 Å². The fourth-order valence-corrected chi connectivity index (χ4v) is 4.84. The van der Waals surface area contributed by atoms with Crippen LogP contribution in [0.3, 0.4) is 0 Å². The maximum atomic E-state index is 12.8. The zero-order chi connectivity index (χ0) is 21.4. The van der Waals surface area contributed by atoms with Gasteiger partial charge in [-0.1, -0.05) is 29.8 Å². The molecule has 3 heterocycles. The zero-order valence-electron chi connectivity index (χ0n) is 17.3. The molecular formula is C23H24ClN5O2. The Morgan fingerprint density at radius 3 is 2.65 bits per heavy atom. The van der Waals surface area contributed by atoms with Gasteiger partial charge in [0.2, 0.25) is 5.82 Å². The van der Waals surface area contributed by atoms with Crippen molar-refractivity contribution < 1.29 is 9.53 Å². The molecule has 7 nitrogen and oxygen atoms in total. The van der Waals surface area contributed by atoms with Gasteiger partial charge in [-0.2, -0.15) is 0 Å². The summed E-state index contributed by atoms with van der Waals surface area (Å²) in [6, 6.07) is 15.3. The van der Waals surface area contributed by atoms with Gasteiger partial charge in [0.15, 0.2) is 0 Å². The van der Waals surface area contributed by atoms with E-state index in [0.29, 0.717) is 23.3 Å². The van der Waals surface area contributed by atoms with Crippen molar-refractivity contribution in [1.82, 2.24) is 19.7 Å². The molecule has 2 aromatic carbocycles. The Morgan fingerprint density at radius 1 is 1.10 bits per heavy atom. The van der Waals surface area contributed by atoms with Crippen LogP contribution in [0.5, 0.6) is 5.75 Å². The van der Waals surface area contributed by atoms with E-state index >= 15 is 0 Å². The predicted octanol–water partition coefficient (Wildman–Crippen LogP) is 3.50. The molecule has 8 heteroatoms. The average molecular weight is 438 g/mol. The van der Waals surface area contributed by atoms with Gasteiger partial charge in [0.05, 0.1) is 7.11 Å². The molecule has 160 valence electrons. The van der Waals surface area contributed by atoms with Gasteiger partial charge in [-0.25, -0.2) is 0 Å². The van der Waals surface area contributed by atoms with Gasteiger partial charge in [-0.05, 0) is 47.7 Å². The highest BCUT2D eigenvalue weighted by Crippen LogP contribution is 2.34. The van der Waals surface area contributed by atoms with Crippen molar-refractivity contribution in [2.45, 2.75) is 19.5 Å². The highest BCUT2D eigenvalue weighted by molar-refractivity contribution is 6.31. The Morgan fingerprint density at radius 2 is 1.87 bits per heavy atom. The van der Waals surface area contributed by atoms with Crippen molar-refractivity contribution >= 4 is 23.2 Å². The Balaban J connectivity index is 1.27. The van der Waals surface area contributed by atoms with E-state index in [0.717, 1.165) is 54.8 Å². The molecule has 0 bridgehead atoms. The molecular weight excluding hydrogens is 414 g/mol. The molecule has 0 aliphatic carbocycles. The Kier molecular flexibility index (Phi) is 5.38. The van der Waals surface area contributed by atoms with Crippen LogP contribution in [0.25, 0.3) is 0 Å². The molecule has 1 N–H and O–H groups in total. The van der Waals surface area contributed by atoms with Crippen LogP contribution < -0.4 is 10.1 Å². The van der Waals surface area contributed by atoms with Crippen molar-refractivity contribution in [3.8, 4) is 5.75 Å². The van der Waals surface area contributed by atoms with Crippen molar-refractivity contribution in [1.29, 1.82) is 0 Å². The summed E-state index contributed by atoms with van der Waals surface area (Å²) in [7, 11) is 1.61. The van der Waals surface area contributed by atoms with Crippen molar-refractivity contribution in [3.63, 3.8) is 0 Å². The second-order valence-corrected chi connectivity index (χ2v) is 8.65. The number of fused-ring (bicyclic) bond motifs is 2. The number of nitrogens with zero attached hydrogens (tertiary/aromatic N) is 4. The van der Waals surface area contributed by atoms with Crippen LogP contribution in [0, 0.1) is 11.8 Å². The minimum atomic E-state index is -0.242. The van der Waals surface area contributed by atoms with Crippen LogP contribution in [-0.4, -0.2) is 45.8 Å². The number of anilines is 1. The number of halogens is 1. The number of ether oxygens (including phenoxy) is 1. The molecule has 2 aliphatic rings. The third kappa shape index (κ3) is 4.03. The number of hydrogen-bond donors (Lipinski definition) is 1. The average Bonchev–Trinajstić information content (AvgIpc) is 3.37. The third-order valence-electron chi connectivity index (χ3n) is 6.24. The topological polar surface area (TPSA) is 72.3 Å². The maximum absolute atomic E-state index is 12.8. The normalized spacial score (nSPS) is 20.2. The molecule has 1 saturated heterocycles. The lowest BCUT2D eigenvalue weighted by atomic mass is 9.89. The van der Waals surface area contributed by atoms with Gasteiger partial charge in [0.25, 0.3) is 5.91 Å². The Labute approximate surface area is 186 Å². The first-order valence-electron chi connectivity index (χ1n) is 10.4. The molecule has 3 aromatic rings. The molecule has 1 fully saturated rings. The summed E-state index contributed by atoms with van der Waals surface area (Å²) in [5.74, 6) is 2.75. The van der Waals surface area contributed by atoms with E-state index in [1.807, 2.05) is 47.0 Å². The smallest absolute Gasteiger partial charge is 0.293 e.